The molecule has 9 nitrogen and oxygen atoms in total. The molecule has 37 heavy (non-hydrogen) atoms. The van der Waals surface area contributed by atoms with Crippen LogP contribution in [0.4, 0.5) is 24.7 Å². The number of alkyl halides is 3. The standard InChI is InChI=1S/C24H24F3N7O2S/c25-24(26,27)16-1-6-23(29-14-16)30-17-7-11-34(12-8-17)37(35,36)19-4-2-18(3-5-19)33-10-9-21-20(15-33)22(13-28)32-31-21/h1-6,14,17H,7-12,15H2,(H,29,30)(H,31,32). The molecule has 194 valence electrons. The Morgan fingerprint density at radius 2 is 1.81 bits per heavy atom. The molecule has 2 aliphatic heterocycles. The lowest BCUT2D eigenvalue weighted by molar-refractivity contribution is -0.137. The molecule has 0 spiro atoms. The maximum absolute atomic E-state index is 13.2. The molecule has 0 amide bonds. The number of pyridine rings is 1. The zero-order valence-corrected chi connectivity index (χ0v) is 20.5. The van der Waals surface area contributed by atoms with Gasteiger partial charge in [-0.25, -0.2) is 13.4 Å². The van der Waals surface area contributed by atoms with E-state index in [-0.39, 0.29) is 24.0 Å². The third kappa shape index (κ3) is 5.12. The summed E-state index contributed by atoms with van der Waals surface area (Å²) in [5.41, 5.74) is 2.25. The van der Waals surface area contributed by atoms with Gasteiger partial charge in [0.1, 0.15) is 11.9 Å². The van der Waals surface area contributed by atoms with Gasteiger partial charge in [-0.05, 0) is 49.2 Å². The van der Waals surface area contributed by atoms with Crippen molar-refractivity contribution in [2.45, 2.75) is 42.9 Å². The highest BCUT2D eigenvalue weighted by molar-refractivity contribution is 7.89. The smallest absolute Gasteiger partial charge is 0.367 e. The van der Waals surface area contributed by atoms with E-state index in [1.165, 1.54) is 10.4 Å². The van der Waals surface area contributed by atoms with Crippen LogP contribution < -0.4 is 10.2 Å². The molecular formula is C24H24F3N7O2S. The van der Waals surface area contributed by atoms with Crippen molar-refractivity contribution in [1.82, 2.24) is 19.5 Å². The Balaban J connectivity index is 1.19. The zero-order valence-electron chi connectivity index (χ0n) is 19.7. The average molecular weight is 532 g/mol. The Labute approximate surface area is 212 Å². The van der Waals surface area contributed by atoms with Crippen LogP contribution in [0.1, 0.15) is 35.4 Å². The molecule has 5 rings (SSSR count). The summed E-state index contributed by atoms with van der Waals surface area (Å²) in [6.07, 6.45) is -1.94. The summed E-state index contributed by atoms with van der Waals surface area (Å²) >= 11 is 0. The van der Waals surface area contributed by atoms with Crippen LogP contribution in [-0.4, -0.2) is 53.6 Å². The number of benzene rings is 1. The molecule has 1 aromatic carbocycles. The number of anilines is 2. The summed E-state index contributed by atoms with van der Waals surface area (Å²) in [5.74, 6) is 0.326. The number of nitrogens with one attached hydrogen (secondary N) is 2. The van der Waals surface area contributed by atoms with Crippen molar-refractivity contribution in [3.05, 3.63) is 65.1 Å². The Morgan fingerprint density at radius 3 is 2.43 bits per heavy atom. The summed E-state index contributed by atoms with van der Waals surface area (Å²) in [5, 5.41) is 19.3. The molecule has 3 aromatic rings. The van der Waals surface area contributed by atoms with E-state index in [2.05, 4.69) is 31.5 Å². The lowest BCUT2D eigenvalue weighted by atomic mass is 10.1. The molecule has 0 aliphatic carbocycles. The van der Waals surface area contributed by atoms with Crippen molar-refractivity contribution in [2.75, 3.05) is 29.9 Å². The highest BCUT2D eigenvalue weighted by Crippen LogP contribution is 2.30. The second kappa shape index (κ2) is 9.68. The van der Waals surface area contributed by atoms with Gasteiger partial charge in [-0.3, -0.25) is 5.10 Å². The summed E-state index contributed by atoms with van der Waals surface area (Å²) in [6, 6.07) is 11.0. The van der Waals surface area contributed by atoms with Gasteiger partial charge in [0, 0.05) is 61.8 Å². The molecule has 4 heterocycles. The fourth-order valence-corrected chi connectivity index (χ4v) is 6.15. The molecule has 0 bridgehead atoms. The van der Waals surface area contributed by atoms with Gasteiger partial charge in [0.25, 0.3) is 0 Å². The Morgan fingerprint density at radius 1 is 1.08 bits per heavy atom. The van der Waals surface area contributed by atoms with Crippen LogP contribution in [0, 0.1) is 11.3 Å². The van der Waals surface area contributed by atoms with Crippen molar-refractivity contribution in [3.63, 3.8) is 0 Å². The fourth-order valence-electron chi connectivity index (χ4n) is 4.68. The van der Waals surface area contributed by atoms with Gasteiger partial charge in [-0.15, -0.1) is 0 Å². The Kier molecular flexibility index (Phi) is 6.55. The Bertz CT molecular complexity index is 1410. The molecule has 1 saturated heterocycles. The van der Waals surface area contributed by atoms with Crippen molar-refractivity contribution >= 4 is 21.5 Å². The van der Waals surface area contributed by atoms with E-state index >= 15 is 0 Å². The first-order valence-electron chi connectivity index (χ1n) is 11.8. The number of hydrogen-bond donors (Lipinski definition) is 2. The highest BCUT2D eigenvalue weighted by Gasteiger charge is 2.32. The number of nitriles is 1. The number of nitrogens with zero attached hydrogens (tertiary/aromatic N) is 5. The quantitative estimate of drug-likeness (QED) is 0.517. The summed E-state index contributed by atoms with van der Waals surface area (Å²) < 4.78 is 66.0. The van der Waals surface area contributed by atoms with E-state index in [1.54, 1.807) is 24.3 Å². The second-order valence-corrected chi connectivity index (χ2v) is 11.0. The lowest BCUT2D eigenvalue weighted by Gasteiger charge is -2.32. The summed E-state index contributed by atoms with van der Waals surface area (Å²) in [7, 11) is -3.69. The minimum atomic E-state index is -4.44. The van der Waals surface area contributed by atoms with Gasteiger partial charge in [0.15, 0.2) is 5.69 Å². The number of aromatic amines is 1. The number of fused-ring (bicyclic) bond motifs is 1. The van der Waals surface area contributed by atoms with Crippen LogP contribution in [0.25, 0.3) is 0 Å². The molecule has 0 saturated carbocycles. The minimum Gasteiger partial charge on any atom is -0.367 e. The normalized spacial score (nSPS) is 17.3. The molecule has 2 aliphatic rings. The lowest BCUT2D eigenvalue weighted by Crippen LogP contribution is -2.42. The number of sulfonamides is 1. The number of piperidine rings is 1. The number of aromatic nitrogens is 3. The van der Waals surface area contributed by atoms with Gasteiger partial charge in [0.2, 0.25) is 10.0 Å². The van der Waals surface area contributed by atoms with Crippen LogP contribution in [0.5, 0.6) is 0 Å². The number of hydrogen-bond acceptors (Lipinski definition) is 7. The summed E-state index contributed by atoms with van der Waals surface area (Å²) in [6.45, 7) is 1.82. The molecule has 2 N–H and O–H groups in total. The van der Waals surface area contributed by atoms with E-state index in [1.807, 2.05) is 0 Å². The van der Waals surface area contributed by atoms with Gasteiger partial charge < -0.3 is 10.2 Å². The van der Waals surface area contributed by atoms with Crippen LogP contribution in [0.3, 0.4) is 0 Å². The maximum atomic E-state index is 13.2. The molecule has 2 aromatic heterocycles. The molecule has 0 radical (unpaired) electrons. The van der Waals surface area contributed by atoms with Crippen molar-refractivity contribution in [2.24, 2.45) is 0 Å². The predicted octanol–water partition coefficient (Wildman–Crippen LogP) is 3.52. The van der Waals surface area contributed by atoms with Crippen molar-refractivity contribution < 1.29 is 21.6 Å². The first kappa shape index (κ1) is 25.0. The monoisotopic (exact) mass is 531 g/mol. The minimum absolute atomic E-state index is 0.0942. The fraction of sp³-hybridized carbons (Fsp3) is 0.375. The third-order valence-electron chi connectivity index (χ3n) is 6.78. The van der Waals surface area contributed by atoms with E-state index < -0.39 is 21.8 Å². The number of rotatable bonds is 5. The van der Waals surface area contributed by atoms with Crippen LogP contribution in [0.15, 0.2) is 47.5 Å². The van der Waals surface area contributed by atoms with Crippen LogP contribution in [0.2, 0.25) is 0 Å². The zero-order chi connectivity index (χ0) is 26.2. The first-order valence-corrected chi connectivity index (χ1v) is 13.2. The summed E-state index contributed by atoms with van der Waals surface area (Å²) in [4.78, 5) is 6.12. The van der Waals surface area contributed by atoms with E-state index in [4.69, 9.17) is 0 Å². The van der Waals surface area contributed by atoms with E-state index in [9.17, 15) is 26.9 Å². The molecular weight excluding hydrogens is 507 g/mol. The number of H-pyrrole nitrogens is 1. The number of halogens is 3. The molecule has 0 atom stereocenters. The van der Waals surface area contributed by atoms with E-state index in [0.717, 1.165) is 42.2 Å². The second-order valence-electron chi connectivity index (χ2n) is 9.06. The molecule has 0 unspecified atom stereocenters. The van der Waals surface area contributed by atoms with Gasteiger partial charge >= 0.3 is 6.18 Å². The van der Waals surface area contributed by atoms with Gasteiger partial charge in [0.05, 0.1) is 10.5 Å². The van der Waals surface area contributed by atoms with Crippen LogP contribution in [-0.2, 0) is 29.2 Å². The van der Waals surface area contributed by atoms with Crippen LogP contribution >= 0.6 is 0 Å². The maximum Gasteiger partial charge on any atom is 0.417 e. The SMILES string of the molecule is N#Cc1n[nH]c2c1CN(c1ccc(S(=O)(=O)N3CCC(Nc4ccc(C(F)(F)F)cn4)CC3)cc1)CC2. The Hall–Kier alpha value is -3.63. The van der Waals surface area contributed by atoms with Gasteiger partial charge in [-0.1, -0.05) is 0 Å². The topological polar surface area (TPSA) is 118 Å². The predicted molar refractivity (Wildman–Crippen MR) is 129 cm³/mol. The highest BCUT2D eigenvalue weighted by atomic mass is 32.2. The van der Waals surface area contributed by atoms with E-state index in [0.29, 0.717) is 30.9 Å². The third-order valence-corrected chi connectivity index (χ3v) is 8.69. The largest absolute Gasteiger partial charge is 0.417 e. The van der Waals surface area contributed by atoms with Gasteiger partial charge in [-0.2, -0.15) is 27.8 Å². The van der Waals surface area contributed by atoms with Crippen molar-refractivity contribution in [3.8, 4) is 6.07 Å². The molecule has 1 fully saturated rings. The molecule has 13 heteroatoms. The van der Waals surface area contributed by atoms with Crippen molar-refractivity contribution in [1.29, 1.82) is 5.26 Å². The first-order chi connectivity index (χ1) is 17.6. The average Bonchev–Trinajstić information content (AvgIpc) is 3.31.